The van der Waals surface area contributed by atoms with Gasteiger partial charge in [-0.2, -0.15) is 0 Å². The van der Waals surface area contributed by atoms with Crippen molar-refractivity contribution in [3.05, 3.63) is 81.0 Å². The SMILES string of the molecule is O=S(=O)(c1ccc(Cl)cc1)N1CCC(c2cccs2)N1c1ccc(Cl)cc1. The van der Waals surface area contributed by atoms with Gasteiger partial charge in [-0.1, -0.05) is 29.3 Å². The number of sulfonamides is 1. The molecule has 4 rings (SSSR count). The van der Waals surface area contributed by atoms with E-state index < -0.39 is 10.0 Å². The van der Waals surface area contributed by atoms with Crippen LogP contribution < -0.4 is 5.01 Å². The van der Waals surface area contributed by atoms with Gasteiger partial charge in [0.15, 0.2) is 0 Å². The van der Waals surface area contributed by atoms with Gasteiger partial charge in [0.05, 0.1) is 16.6 Å². The van der Waals surface area contributed by atoms with Crippen LogP contribution in [0.4, 0.5) is 5.69 Å². The number of benzene rings is 2. The average molecular weight is 439 g/mol. The highest BCUT2D eigenvalue weighted by molar-refractivity contribution is 7.89. The Morgan fingerprint density at radius 3 is 2.15 bits per heavy atom. The first-order valence-electron chi connectivity index (χ1n) is 8.33. The molecular weight excluding hydrogens is 423 g/mol. The molecule has 0 radical (unpaired) electrons. The Bertz CT molecular complexity index is 1020. The summed E-state index contributed by atoms with van der Waals surface area (Å²) in [6.07, 6.45) is 0.704. The molecule has 2 heterocycles. The van der Waals surface area contributed by atoms with Gasteiger partial charge in [-0.25, -0.2) is 8.42 Å². The Balaban J connectivity index is 1.78. The van der Waals surface area contributed by atoms with E-state index in [-0.39, 0.29) is 10.9 Å². The molecule has 1 fully saturated rings. The lowest BCUT2D eigenvalue weighted by Crippen LogP contribution is -2.42. The monoisotopic (exact) mass is 438 g/mol. The summed E-state index contributed by atoms with van der Waals surface area (Å²) in [5, 5.41) is 4.97. The topological polar surface area (TPSA) is 40.6 Å². The summed E-state index contributed by atoms with van der Waals surface area (Å²) in [6, 6.07) is 17.5. The van der Waals surface area contributed by atoms with Crippen molar-refractivity contribution in [1.82, 2.24) is 4.41 Å². The third-order valence-corrected chi connectivity index (χ3v) is 7.74. The molecule has 0 N–H and O–H groups in total. The smallest absolute Gasteiger partial charge is 0.260 e. The number of hydrogen-bond acceptors (Lipinski definition) is 4. The molecule has 8 heteroatoms. The third-order valence-electron chi connectivity index (χ3n) is 4.48. The van der Waals surface area contributed by atoms with Gasteiger partial charge in [-0.05, 0) is 66.4 Å². The maximum atomic E-state index is 13.3. The first kappa shape index (κ1) is 18.8. The number of hydrogen-bond donors (Lipinski definition) is 0. The summed E-state index contributed by atoms with van der Waals surface area (Å²) in [4.78, 5) is 1.34. The quantitative estimate of drug-likeness (QED) is 0.531. The van der Waals surface area contributed by atoms with Gasteiger partial charge >= 0.3 is 0 Å². The van der Waals surface area contributed by atoms with Gasteiger partial charge in [-0.3, -0.25) is 5.01 Å². The molecule has 1 saturated heterocycles. The summed E-state index contributed by atoms with van der Waals surface area (Å²) < 4.78 is 28.1. The lowest BCUT2D eigenvalue weighted by atomic mass is 10.1. The average Bonchev–Trinajstić information content (AvgIpc) is 3.32. The Hall–Kier alpha value is -1.57. The van der Waals surface area contributed by atoms with Crippen molar-refractivity contribution in [2.75, 3.05) is 11.6 Å². The summed E-state index contributed by atoms with van der Waals surface area (Å²) in [7, 11) is -3.71. The van der Waals surface area contributed by atoms with Crippen LogP contribution in [0.5, 0.6) is 0 Å². The maximum absolute atomic E-state index is 13.3. The van der Waals surface area contributed by atoms with E-state index in [1.165, 1.54) is 16.5 Å². The molecule has 4 nitrogen and oxygen atoms in total. The van der Waals surface area contributed by atoms with Gasteiger partial charge in [0.2, 0.25) is 0 Å². The number of nitrogens with zero attached hydrogens (tertiary/aromatic N) is 2. The molecule has 1 aliphatic heterocycles. The summed E-state index contributed by atoms with van der Waals surface area (Å²) in [5.74, 6) is 0. The van der Waals surface area contributed by atoms with E-state index in [4.69, 9.17) is 23.2 Å². The molecule has 0 amide bonds. The molecule has 140 valence electrons. The van der Waals surface area contributed by atoms with Crippen LogP contribution in [0.25, 0.3) is 0 Å². The standard InChI is InChI=1S/C19H16Cl2N2O2S2/c20-14-3-7-16(8-4-14)23-18(19-2-1-13-26-19)11-12-22(23)27(24,25)17-9-5-15(21)6-10-17/h1-10,13,18H,11-12H2. The third kappa shape index (κ3) is 3.60. The van der Waals surface area contributed by atoms with Crippen molar-refractivity contribution in [2.45, 2.75) is 17.4 Å². The molecule has 0 spiro atoms. The number of hydrazine groups is 1. The minimum absolute atomic E-state index is 0.0479. The van der Waals surface area contributed by atoms with Crippen molar-refractivity contribution in [1.29, 1.82) is 0 Å². The van der Waals surface area contributed by atoms with Gasteiger partial charge in [0.1, 0.15) is 0 Å². The summed E-state index contributed by atoms with van der Waals surface area (Å²) in [5.41, 5.74) is 0.785. The molecule has 3 aromatic rings. The molecular formula is C19H16Cl2N2O2S2. The first-order chi connectivity index (χ1) is 13.0. The van der Waals surface area contributed by atoms with Crippen LogP contribution >= 0.6 is 34.5 Å². The largest absolute Gasteiger partial charge is 0.284 e. The van der Waals surface area contributed by atoms with Crippen LogP contribution in [0.1, 0.15) is 17.3 Å². The minimum Gasteiger partial charge on any atom is -0.284 e. The predicted molar refractivity (Wildman–Crippen MR) is 111 cm³/mol. The van der Waals surface area contributed by atoms with Gasteiger partial charge in [0.25, 0.3) is 10.0 Å². The van der Waals surface area contributed by atoms with E-state index in [1.807, 2.05) is 34.7 Å². The Kier molecular flexibility index (Phi) is 5.18. The van der Waals surface area contributed by atoms with Crippen molar-refractivity contribution < 1.29 is 8.42 Å². The normalized spacial score (nSPS) is 18.1. The second kappa shape index (κ2) is 7.45. The van der Waals surface area contributed by atoms with Gasteiger partial charge in [-0.15, -0.1) is 15.8 Å². The number of thiophene rings is 1. The zero-order valence-corrected chi connectivity index (χ0v) is 17.3. The molecule has 1 aliphatic rings. The van der Waals surface area contributed by atoms with Crippen LogP contribution in [0.2, 0.25) is 10.0 Å². The fraction of sp³-hybridized carbons (Fsp3) is 0.158. The molecule has 1 unspecified atom stereocenters. The zero-order chi connectivity index (χ0) is 19.0. The lowest BCUT2D eigenvalue weighted by Gasteiger charge is -2.33. The Labute approximate surface area is 172 Å². The van der Waals surface area contributed by atoms with Crippen LogP contribution in [-0.4, -0.2) is 19.4 Å². The van der Waals surface area contributed by atoms with Crippen molar-refractivity contribution in [3.8, 4) is 0 Å². The number of rotatable bonds is 4. The van der Waals surface area contributed by atoms with Crippen LogP contribution in [0.15, 0.2) is 70.9 Å². The second-order valence-electron chi connectivity index (χ2n) is 6.15. The molecule has 2 aromatic carbocycles. The highest BCUT2D eigenvalue weighted by Gasteiger charge is 2.41. The highest BCUT2D eigenvalue weighted by Crippen LogP contribution is 2.41. The van der Waals surface area contributed by atoms with Gasteiger partial charge in [0, 0.05) is 21.5 Å². The van der Waals surface area contributed by atoms with Crippen molar-refractivity contribution in [3.63, 3.8) is 0 Å². The van der Waals surface area contributed by atoms with Crippen LogP contribution in [0, 0.1) is 0 Å². The zero-order valence-electron chi connectivity index (χ0n) is 14.1. The van der Waals surface area contributed by atoms with E-state index >= 15 is 0 Å². The fourth-order valence-corrected chi connectivity index (χ4v) is 5.84. The van der Waals surface area contributed by atoms with Crippen LogP contribution in [0.3, 0.4) is 0 Å². The van der Waals surface area contributed by atoms with E-state index in [1.54, 1.807) is 35.6 Å². The lowest BCUT2D eigenvalue weighted by molar-refractivity contribution is 0.441. The molecule has 0 bridgehead atoms. The van der Waals surface area contributed by atoms with E-state index in [0.29, 0.717) is 23.0 Å². The molecule has 27 heavy (non-hydrogen) atoms. The molecule has 0 saturated carbocycles. The highest BCUT2D eigenvalue weighted by atomic mass is 35.5. The Morgan fingerprint density at radius 1 is 0.926 bits per heavy atom. The van der Waals surface area contributed by atoms with Crippen molar-refractivity contribution >= 4 is 50.2 Å². The van der Waals surface area contributed by atoms with Crippen molar-refractivity contribution in [2.24, 2.45) is 0 Å². The molecule has 1 atom stereocenters. The van der Waals surface area contributed by atoms with E-state index in [0.717, 1.165) is 10.6 Å². The first-order valence-corrected chi connectivity index (χ1v) is 11.4. The van der Waals surface area contributed by atoms with E-state index in [2.05, 4.69) is 0 Å². The molecule has 1 aromatic heterocycles. The number of halogens is 2. The van der Waals surface area contributed by atoms with Gasteiger partial charge < -0.3 is 0 Å². The Morgan fingerprint density at radius 2 is 1.56 bits per heavy atom. The number of anilines is 1. The summed E-state index contributed by atoms with van der Waals surface area (Å²) in [6.45, 7) is 0.399. The van der Waals surface area contributed by atoms with E-state index in [9.17, 15) is 8.42 Å². The second-order valence-corrected chi connectivity index (χ2v) is 9.84. The maximum Gasteiger partial charge on any atom is 0.260 e. The molecule has 0 aliphatic carbocycles. The predicted octanol–water partition coefficient (Wildman–Crippen LogP) is 5.61. The fourth-order valence-electron chi connectivity index (χ4n) is 3.23. The summed E-state index contributed by atoms with van der Waals surface area (Å²) >= 11 is 13.6. The van der Waals surface area contributed by atoms with Crippen LogP contribution in [-0.2, 0) is 10.0 Å². The minimum atomic E-state index is -3.71.